The molecule has 0 aliphatic carbocycles. The highest BCUT2D eigenvalue weighted by atomic mass is 16.4. The van der Waals surface area contributed by atoms with Gasteiger partial charge in [0.05, 0.1) is 12.5 Å². The molecule has 0 saturated carbocycles. The van der Waals surface area contributed by atoms with Gasteiger partial charge in [0.25, 0.3) is 0 Å². The highest BCUT2D eigenvalue weighted by molar-refractivity contribution is 5.95. The van der Waals surface area contributed by atoms with Gasteiger partial charge >= 0.3 is 5.97 Å². The first-order valence-electron chi connectivity index (χ1n) is 6.31. The van der Waals surface area contributed by atoms with Gasteiger partial charge in [-0.25, -0.2) is 0 Å². The molecule has 0 spiro atoms. The molecule has 104 valence electrons. The van der Waals surface area contributed by atoms with Crippen LogP contribution in [0.3, 0.4) is 0 Å². The standard InChI is InChI=1S/C14H20N2O3/c1-3-9(2)13(15)14(19)16-11-6-4-5-10(7-11)8-12(17)18/h4-7,9,13H,3,8,15H2,1-2H3,(H,16,19)(H,17,18)/t9-,13-/m0/s1. The molecule has 19 heavy (non-hydrogen) atoms. The molecule has 1 aromatic rings. The number of benzene rings is 1. The third kappa shape index (κ3) is 4.71. The van der Waals surface area contributed by atoms with Gasteiger partial charge in [-0.15, -0.1) is 0 Å². The molecule has 0 unspecified atom stereocenters. The minimum absolute atomic E-state index is 0.0683. The Balaban J connectivity index is 2.71. The van der Waals surface area contributed by atoms with Crippen LogP contribution in [0.25, 0.3) is 0 Å². The second-order valence-corrected chi connectivity index (χ2v) is 4.67. The first-order chi connectivity index (χ1) is 8.93. The molecule has 1 aromatic carbocycles. The first-order valence-corrected chi connectivity index (χ1v) is 6.31. The Morgan fingerprint density at radius 3 is 2.68 bits per heavy atom. The van der Waals surface area contributed by atoms with E-state index in [0.717, 1.165) is 6.42 Å². The molecule has 5 heteroatoms. The third-order valence-electron chi connectivity index (χ3n) is 3.11. The van der Waals surface area contributed by atoms with Crippen molar-refractivity contribution in [2.45, 2.75) is 32.7 Å². The second-order valence-electron chi connectivity index (χ2n) is 4.67. The van der Waals surface area contributed by atoms with E-state index in [0.29, 0.717) is 11.3 Å². The molecule has 0 saturated heterocycles. The summed E-state index contributed by atoms with van der Waals surface area (Å²) in [5.41, 5.74) is 7.04. The molecule has 1 amide bonds. The van der Waals surface area contributed by atoms with E-state index in [1.807, 2.05) is 13.8 Å². The third-order valence-corrected chi connectivity index (χ3v) is 3.11. The number of rotatable bonds is 6. The van der Waals surface area contributed by atoms with Crippen molar-refractivity contribution in [1.29, 1.82) is 0 Å². The predicted octanol–water partition coefficient (Wildman–Crippen LogP) is 1.63. The van der Waals surface area contributed by atoms with E-state index in [1.165, 1.54) is 0 Å². The first kappa shape index (κ1) is 15.2. The van der Waals surface area contributed by atoms with Gasteiger partial charge in [-0.3, -0.25) is 9.59 Å². The van der Waals surface area contributed by atoms with Crippen molar-refractivity contribution in [3.05, 3.63) is 29.8 Å². The van der Waals surface area contributed by atoms with Crippen molar-refractivity contribution in [2.24, 2.45) is 11.7 Å². The zero-order valence-electron chi connectivity index (χ0n) is 11.2. The van der Waals surface area contributed by atoms with Gasteiger partial charge in [0.1, 0.15) is 0 Å². The maximum Gasteiger partial charge on any atom is 0.307 e. The average molecular weight is 264 g/mol. The van der Waals surface area contributed by atoms with Crippen LogP contribution in [-0.4, -0.2) is 23.0 Å². The summed E-state index contributed by atoms with van der Waals surface area (Å²) >= 11 is 0. The number of carbonyl (C=O) groups excluding carboxylic acids is 1. The number of carboxylic acid groups (broad SMARTS) is 1. The van der Waals surface area contributed by atoms with Gasteiger partial charge in [-0.2, -0.15) is 0 Å². The van der Waals surface area contributed by atoms with E-state index < -0.39 is 12.0 Å². The largest absolute Gasteiger partial charge is 0.481 e. The number of anilines is 1. The minimum atomic E-state index is -0.903. The lowest BCUT2D eigenvalue weighted by molar-refractivity contribution is -0.136. The molecule has 0 heterocycles. The fourth-order valence-electron chi connectivity index (χ4n) is 1.67. The molecule has 5 nitrogen and oxygen atoms in total. The molecule has 0 fully saturated rings. The summed E-state index contributed by atoms with van der Waals surface area (Å²) in [6.45, 7) is 3.90. The summed E-state index contributed by atoms with van der Waals surface area (Å²) in [5.74, 6) is -1.05. The number of amides is 1. The van der Waals surface area contributed by atoms with E-state index in [2.05, 4.69) is 5.32 Å². The molecule has 0 aromatic heterocycles. The van der Waals surface area contributed by atoms with Gasteiger partial charge in [-0.05, 0) is 23.6 Å². The minimum Gasteiger partial charge on any atom is -0.481 e. The van der Waals surface area contributed by atoms with Gasteiger partial charge in [0.2, 0.25) is 5.91 Å². The average Bonchev–Trinajstić information content (AvgIpc) is 2.36. The van der Waals surface area contributed by atoms with Crippen LogP contribution in [0.5, 0.6) is 0 Å². The Labute approximate surface area is 112 Å². The normalized spacial score (nSPS) is 13.6. The Bertz CT molecular complexity index is 460. The summed E-state index contributed by atoms with van der Waals surface area (Å²) in [6, 6.07) is 6.22. The predicted molar refractivity (Wildman–Crippen MR) is 73.8 cm³/mol. The summed E-state index contributed by atoms with van der Waals surface area (Å²) < 4.78 is 0. The Morgan fingerprint density at radius 2 is 2.11 bits per heavy atom. The van der Waals surface area contributed by atoms with Gasteiger partial charge < -0.3 is 16.2 Å². The molecule has 0 aliphatic rings. The van der Waals surface area contributed by atoms with Crippen LogP contribution in [-0.2, 0) is 16.0 Å². The Morgan fingerprint density at radius 1 is 1.42 bits per heavy atom. The van der Waals surface area contributed by atoms with Crippen molar-refractivity contribution in [3.63, 3.8) is 0 Å². The van der Waals surface area contributed by atoms with Crippen LogP contribution < -0.4 is 11.1 Å². The van der Waals surface area contributed by atoms with Crippen LogP contribution >= 0.6 is 0 Å². The zero-order chi connectivity index (χ0) is 14.4. The lowest BCUT2D eigenvalue weighted by Gasteiger charge is -2.17. The lowest BCUT2D eigenvalue weighted by Crippen LogP contribution is -2.40. The molecular formula is C14H20N2O3. The quantitative estimate of drug-likeness (QED) is 0.728. The van der Waals surface area contributed by atoms with Crippen molar-refractivity contribution >= 4 is 17.6 Å². The smallest absolute Gasteiger partial charge is 0.307 e. The molecule has 1 rings (SSSR count). The summed E-state index contributed by atoms with van der Waals surface area (Å²) in [5, 5.41) is 11.4. The number of nitrogens with one attached hydrogen (secondary N) is 1. The van der Waals surface area contributed by atoms with Gasteiger partial charge in [0.15, 0.2) is 0 Å². The lowest BCUT2D eigenvalue weighted by atomic mass is 9.99. The highest BCUT2D eigenvalue weighted by Gasteiger charge is 2.19. The van der Waals surface area contributed by atoms with E-state index >= 15 is 0 Å². The van der Waals surface area contributed by atoms with E-state index in [-0.39, 0.29) is 18.2 Å². The van der Waals surface area contributed by atoms with Crippen molar-refractivity contribution in [3.8, 4) is 0 Å². The zero-order valence-corrected chi connectivity index (χ0v) is 11.2. The maximum atomic E-state index is 11.9. The maximum absolute atomic E-state index is 11.9. The number of carboxylic acids is 1. The van der Waals surface area contributed by atoms with Crippen LogP contribution in [0.2, 0.25) is 0 Å². The molecule has 4 N–H and O–H groups in total. The van der Waals surface area contributed by atoms with E-state index in [4.69, 9.17) is 10.8 Å². The van der Waals surface area contributed by atoms with Crippen molar-refractivity contribution < 1.29 is 14.7 Å². The molecule has 0 aliphatic heterocycles. The number of nitrogens with two attached hydrogens (primary N) is 1. The summed E-state index contributed by atoms with van der Waals surface area (Å²) in [6.07, 6.45) is 0.759. The van der Waals surface area contributed by atoms with Crippen LogP contribution in [0.1, 0.15) is 25.8 Å². The molecular weight excluding hydrogens is 244 g/mol. The topological polar surface area (TPSA) is 92.4 Å². The monoisotopic (exact) mass is 264 g/mol. The fraction of sp³-hybridized carbons (Fsp3) is 0.429. The van der Waals surface area contributed by atoms with Crippen molar-refractivity contribution in [2.75, 3.05) is 5.32 Å². The van der Waals surface area contributed by atoms with Gasteiger partial charge in [-0.1, -0.05) is 32.4 Å². The van der Waals surface area contributed by atoms with E-state index in [1.54, 1.807) is 24.3 Å². The van der Waals surface area contributed by atoms with Crippen LogP contribution in [0.15, 0.2) is 24.3 Å². The molecule has 2 atom stereocenters. The highest BCUT2D eigenvalue weighted by Crippen LogP contribution is 2.13. The SMILES string of the molecule is CC[C@H](C)[C@H](N)C(=O)Nc1cccc(CC(=O)O)c1. The van der Waals surface area contributed by atoms with Crippen molar-refractivity contribution in [1.82, 2.24) is 0 Å². The Hall–Kier alpha value is -1.88. The van der Waals surface area contributed by atoms with Gasteiger partial charge in [0, 0.05) is 5.69 Å². The number of hydrogen-bond acceptors (Lipinski definition) is 3. The van der Waals surface area contributed by atoms with Crippen LogP contribution in [0.4, 0.5) is 5.69 Å². The number of aliphatic carboxylic acids is 1. The Kier molecular flexibility index (Phi) is 5.51. The second kappa shape index (κ2) is 6.89. The summed E-state index contributed by atoms with van der Waals surface area (Å²) in [7, 11) is 0. The van der Waals surface area contributed by atoms with E-state index in [9.17, 15) is 9.59 Å². The number of carbonyl (C=O) groups is 2. The molecule has 0 radical (unpaired) electrons. The number of hydrogen-bond donors (Lipinski definition) is 3. The molecule has 0 bridgehead atoms. The van der Waals surface area contributed by atoms with Crippen LogP contribution in [0, 0.1) is 5.92 Å². The fourth-order valence-corrected chi connectivity index (χ4v) is 1.67. The summed E-state index contributed by atoms with van der Waals surface area (Å²) in [4.78, 5) is 22.5.